The van der Waals surface area contributed by atoms with Crippen molar-refractivity contribution >= 4 is 70.1 Å². The monoisotopic (exact) mass is 922 g/mol. The molecule has 0 spiro atoms. The van der Waals surface area contributed by atoms with Gasteiger partial charge in [0.2, 0.25) is 35.4 Å². The highest BCUT2D eigenvalue weighted by Crippen LogP contribution is 2.21. The Morgan fingerprint density at radius 2 is 0.765 bits per heavy atom. The van der Waals surface area contributed by atoms with Gasteiger partial charge in [-0.15, -0.1) is 12.8 Å². The Morgan fingerprint density at radius 3 is 1.15 bits per heavy atom. The molecule has 0 atom stereocenters. The number of carbonyl (C=O) groups excluding carboxylic acids is 8. The predicted octanol–water partition coefficient (Wildman–Crippen LogP) is 3.36. The van der Waals surface area contributed by atoms with Crippen LogP contribution in [0.15, 0.2) is 121 Å². The Labute approximate surface area is 396 Å². The molecule has 0 N–H and O–H groups in total. The van der Waals surface area contributed by atoms with Crippen LogP contribution >= 0.6 is 0 Å². The number of amides is 9. The lowest BCUT2D eigenvalue weighted by molar-refractivity contribution is -0.141. The summed E-state index contributed by atoms with van der Waals surface area (Å²) in [5, 5.41) is 0. The van der Waals surface area contributed by atoms with Crippen molar-refractivity contribution in [2.24, 2.45) is 0 Å². The number of hydrogen-bond acceptors (Lipinski definition) is 9. The first-order valence-corrected chi connectivity index (χ1v) is 21.8. The Kier molecular flexibility index (Phi) is 19.0. The van der Waals surface area contributed by atoms with E-state index >= 15 is 0 Å². The molecule has 1 fully saturated rings. The second kappa shape index (κ2) is 25.4. The van der Waals surface area contributed by atoms with Gasteiger partial charge in [-0.25, -0.2) is 4.79 Å². The number of nitrogens with zero attached hydrogens (tertiary/aromatic N) is 8. The maximum absolute atomic E-state index is 14.6. The molecule has 352 valence electrons. The molecule has 0 bridgehead atoms. The summed E-state index contributed by atoms with van der Waals surface area (Å²) in [7, 11) is 1.41. The van der Waals surface area contributed by atoms with Crippen LogP contribution in [0.25, 0.3) is 0 Å². The first kappa shape index (κ1) is 50.7. The van der Waals surface area contributed by atoms with E-state index in [-0.39, 0.29) is 31.9 Å². The lowest BCUT2D eigenvalue weighted by atomic mass is 10.2. The van der Waals surface area contributed by atoms with Crippen molar-refractivity contribution in [3.63, 3.8) is 0 Å². The number of terminal acetylenes is 2. The van der Waals surface area contributed by atoms with Crippen molar-refractivity contribution in [1.82, 2.24) is 19.6 Å². The van der Waals surface area contributed by atoms with Gasteiger partial charge in [-0.1, -0.05) is 91.6 Å². The molecule has 9 amide bonds. The van der Waals surface area contributed by atoms with E-state index in [1.54, 1.807) is 128 Å². The van der Waals surface area contributed by atoms with Crippen LogP contribution in [0.3, 0.4) is 0 Å². The lowest BCUT2D eigenvalue weighted by Gasteiger charge is -2.33. The first-order chi connectivity index (χ1) is 32.9. The molecule has 68 heavy (non-hydrogen) atoms. The lowest BCUT2D eigenvalue weighted by Crippen LogP contribution is -2.54. The van der Waals surface area contributed by atoms with Crippen LogP contribution in [0.1, 0.15) is 13.3 Å². The molecule has 0 radical (unpaired) electrons. The molecule has 0 aliphatic carbocycles. The van der Waals surface area contributed by atoms with E-state index in [1.807, 2.05) is 0 Å². The minimum Gasteiger partial charge on any atom is -0.383 e. The highest BCUT2D eigenvalue weighted by molar-refractivity contribution is 6.10. The molecule has 17 nitrogen and oxygen atoms in total. The van der Waals surface area contributed by atoms with Crippen molar-refractivity contribution in [1.29, 1.82) is 0 Å². The second-order valence-corrected chi connectivity index (χ2v) is 15.4. The fourth-order valence-electron chi connectivity index (χ4n) is 7.26. The average molecular weight is 923 g/mol. The van der Waals surface area contributed by atoms with Crippen molar-refractivity contribution in [3.05, 3.63) is 121 Å². The van der Waals surface area contributed by atoms with E-state index in [0.717, 1.165) is 29.4 Å². The number of imide groups is 1. The highest BCUT2D eigenvalue weighted by atomic mass is 16.5. The van der Waals surface area contributed by atoms with E-state index in [0.29, 0.717) is 23.5 Å². The summed E-state index contributed by atoms with van der Waals surface area (Å²) in [5.74, 6) is -0.413. The van der Waals surface area contributed by atoms with Crippen LogP contribution in [0, 0.1) is 24.7 Å². The second-order valence-electron chi connectivity index (χ2n) is 15.4. The van der Waals surface area contributed by atoms with Gasteiger partial charge in [-0.05, 0) is 55.0 Å². The van der Waals surface area contributed by atoms with Crippen molar-refractivity contribution in [2.75, 3.05) is 105 Å². The van der Waals surface area contributed by atoms with Crippen LogP contribution in [-0.2, 0) is 38.3 Å². The molecular weight excluding hydrogens is 869 g/mol. The molecule has 1 aliphatic rings. The average Bonchev–Trinajstić information content (AvgIpc) is 3.36. The van der Waals surface area contributed by atoms with Gasteiger partial charge >= 0.3 is 6.03 Å². The number of urea groups is 1. The standard InChI is InChI=1S/C51H54N8O9/c1-5-28-52-33-44(60)53(31-32-68-4)34-46(62)57(41-22-14-9-15-23-41)39-50(66)59(43-26-18-11-19-27-43)37-48(64)55(30-7-3)51(67)54(29-6-2)35-47(63)58(42-24-16-10-17-25-42)38-49(65)56(36-45(52)61)40-20-12-8-13-21-40/h1,3,8-27H,6,28-39H2,2,4H3. The Balaban J connectivity index is 1.66. The Morgan fingerprint density at radius 1 is 0.426 bits per heavy atom. The summed E-state index contributed by atoms with van der Waals surface area (Å²) >= 11 is 0. The molecule has 1 heterocycles. The summed E-state index contributed by atoms with van der Waals surface area (Å²) in [6.45, 7) is -3.59. The minimum absolute atomic E-state index is 0.00818. The maximum atomic E-state index is 14.6. The number of hydrogen-bond donors (Lipinski definition) is 0. The Hall–Kier alpha value is -8.28. The Bertz CT molecular complexity index is 2480. The number of rotatable bonds is 11. The summed E-state index contributed by atoms with van der Waals surface area (Å²) in [5.41, 5.74) is 1.14. The van der Waals surface area contributed by atoms with E-state index in [9.17, 15) is 38.4 Å². The summed E-state index contributed by atoms with van der Waals surface area (Å²) in [4.78, 5) is 124. The molecule has 0 unspecified atom stereocenters. The maximum Gasteiger partial charge on any atom is 0.328 e. The molecular formula is C51H54N8O9. The SMILES string of the molecule is C#CCN1CC(=O)N(CCOC)CC(=O)N(c2ccccc2)CC(=O)N(c2ccccc2)CC(=O)N(CC#C)C(=O)N(CCC)CC(=O)N(c2ccccc2)CC(=O)N(c2ccccc2)CC1=O. The van der Waals surface area contributed by atoms with E-state index in [4.69, 9.17) is 17.6 Å². The topological polar surface area (TPSA) is 172 Å². The molecule has 0 saturated carbocycles. The highest BCUT2D eigenvalue weighted by Gasteiger charge is 2.35. The van der Waals surface area contributed by atoms with Crippen LogP contribution in [0.5, 0.6) is 0 Å². The van der Waals surface area contributed by atoms with Crippen LogP contribution < -0.4 is 19.6 Å². The van der Waals surface area contributed by atoms with Gasteiger partial charge in [0.05, 0.1) is 19.7 Å². The van der Waals surface area contributed by atoms with Crippen molar-refractivity contribution in [2.45, 2.75) is 13.3 Å². The number of methoxy groups -OCH3 is 1. The van der Waals surface area contributed by atoms with E-state index in [1.165, 1.54) is 16.9 Å². The van der Waals surface area contributed by atoms with E-state index < -0.39 is 99.7 Å². The fourth-order valence-corrected chi connectivity index (χ4v) is 7.26. The predicted molar refractivity (Wildman–Crippen MR) is 257 cm³/mol. The molecule has 4 aromatic carbocycles. The molecule has 1 aliphatic heterocycles. The smallest absolute Gasteiger partial charge is 0.328 e. The zero-order valence-corrected chi connectivity index (χ0v) is 38.1. The third-order valence-corrected chi connectivity index (χ3v) is 10.7. The quantitative estimate of drug-likeness (QED) is 0.205. The summed E-state index contributed by atoms with van der Waals surface area (Å²) < 4.78 is 5.28. The van der Waals surface area contributed by atoms with Crippen LogP contribution in [0.2, 0.25) is 0 Å². The molecule has 4 aromatic rings. The summed E-state index contributed by atoms with van der Waals surface area (Å²) in [6.07, 6.45) is 11.8. The fraction of sp³-hybridized carbons (Fsp3) is 0.294. The third-order valence-electron chi connectivity index (χ3n) is 10.7. The minimum atomic E-state index is -0.923. The molecule has 1 saturated heterocycles. The van der Waals surface area contributed by atoms with Gasteiger partial charge in [-0.2, -0.15) is 0 Å². The normalized spacial score (nSPS) is 16.1. The molecule has 17 heteroatoms. The largest absolute Gasteiger partial charge is 0.383 e. The first-order valence-electron chi connectivity index (χ1n) is 21.8. The number of carbonyl (C=O) groups is 8. The van der Waals surface area contributed by atoms with Gasteiger partial charge in [0.25, 0.3) is 5.91 Å². The van der Waals surface area contributed by atoms with Gasteiger partial charge in [0.1, 0.15) is 45.8 Å². The van der Waals surface area contributed by atoms with E-state index in [2.05, 4.69) is 11.8 Å². The number of anilines is 4. The van der Waals surface area contributed by atoms with Crippen molar-refractivity contribution < 1.29 is 43.1 Å². The van der Waals surface area contributed by atoms with Crippen molar-refractivity contribution in [3.8, 4) is 24.7 Å². The molecule has 0 aromatic heterocycles. The molecule has 5 rings (SSSR count). The summed E-state index contributed by atoms with van der Waals surface area (Å²) in [6, 6.07) is 31.9. The number of benzene rings is 4. The van der Waals surface area contributed by atoms with Crippen LogP contribution in [0.4, 0.5) is 27.5 Å². The van der Waals surface area contributed by atoms with Gasteiger partial charge in [0, 0.05) is 42.9 Å². The van der Waals surface area contributed by atoms with Gasteiger partial charge in [0.15, 0.2) is 0 Å². The van der Waals surface area contributed by atoms with Gasteiger partial charge < -0.3 is 39.0 Å². The third kappa shape index (κ3) is 13.6. The van der Waals surface area contributed by atoms with Crippen LogP contribution in [-0.4, -0.2) is 153 Å². The number of ether oxygens (including phenoxy) is 1. The zero-order valence-electron chi connectivity index (χ0n) is 38.1. The van der Waals surface area contributed by atoms with Gasteiger partial charge in [-0.3, -0.25) is 38.5 Å². The zero-order chi connectivity index (χ0) is 49.0. The number of para-hydroxylation sites is 4.